The highest BCUT2D eigenvalue weighted by Gasteiger charge is 2.34. The molecule has 2 nitrogen and oxygen atoms in total. The molecule has 0 saturated heterocycles. The van der Waals surface area contributed by atoms with Crippen molar-refractivity contribution in [2.75, 3.05) is 20.6 Å². The fourth-order valence-electron chi connectivity index (χ4n) is 2.72. The summed E-state index contributed by atoms with van der Waals surface area (Å²) in [5.41, 5.74) is 0. The molecule has 1 rings (SSSR count). The first-order valence-electron chi connectivity index (χ1n) is 6.11. The van der Waals surface area contributed by atoms with Gasteiger partial charge in [0.05, 0.1) is 0 Å². The summed E-state index contributed by atoms with van der Waals surface area (Å²) in [5.74, 6) is 0.894. The van der Waals surface area contributed by atoms with Crippen molar-refractivity contribution in [1.29, 1.82) is 0 Å². The van der Waals surface area contributed by atoms with Gasteiger partial charge in [-0.2, -0.15) is 0 Å². The Balaban J connectivity index is 2.39. The maximum atomic E-state index is 3.30. The van der Waals surface area contributed by atoms with Crippen LogP contribution in [0.5, 0.6) is 0 Å². The van der Waals surface area contributed by atoms with E-state index in [2.05, 4.69) is 38.2 Å². The molecule has 0 spiro atoms. The van der Waals surface area contributed by atoms with Crippen LogP contribution in [0.15, 0.2) is 0 Å². The van der Waals surface area contributed by atoms with Gasteiger partial charge in [-0.3, -0.25) is 0 Å². The van der Waals surface area contributed by atoms with E-state index in [9.17, 15) is 0 Å². The maximum absolute atomic E-state index is 3.30. The Bertz CT molecular complexity index is 154. The largest absolute Gasteiger partial charge is 0.319 e. The Morgan fingerprint density at radius 3 is 2.29 bits per heavy atom. The van der Waals surface area contributed by atoms with Crippen molar-refractivity contribution in [2.45, 2.75) is 51.6 Å². The first-order chi connectivity index (χ1) is 6.74. The smallest absolute Gasteiger partial charge is 0.0136 e. The van der Waals surface area contributed by atoms with Gasteiger partial charge in [0.15, 0.2) is 0 Å². The Kier molecular flexibility index (Phi) is 4.90. The molecule has 1 saturated carbocycles. The van der Waals surface area contributed by atoms with Gasteiger partial charge in [0, 0.05) is 12.1 Å². The molecule has 0 heterocycles. The number of hydrogen-bond acceptors (Lipinski definition) is 2. The quantitative estimate of drug-likeness (QED) is 0.703. The molecule has 84 valence electrons. The average Bonchev–Trinajstić information content (AvgIpc) is 2.14. The third kappa shape index (κ3) is 2.48. The molecular formula is C12H26N2. The first-order valence-corrected chi connectivity index (χ1v) is 6.11. The van der Waals surface area contributed by atoms with Gasteiger partial charge < -0.3 is 10.2 Å². The summed E-state index contributed by atoms with van der Waals surface area (Å²) >= 11 is 0. The molecular weight excluding hydrogens is 172 g/mol. The summed E-state index contributed by atoms with van der Waals surface area (Å²) in [5, 5.41) is 3.30. The van der Waals surface area contributed by atoms with Crippen LogP contribution in [0.3, 0.4) is 0 Å². The highest BCUT2D eigenvalue weighted by atomic mass is 15.2. The molecule has 0 aromatic carbocycles. The molecule has 2 atom stereocenters. The first kappa shape index (κ1) is 12.0. The molecule has 1 fully saturated rings. The molecule has 2 heteroatoms. The highest BCUT2D eigenvalue weighted by molar-refractivity contribution is 4.90. The van der Waals surface area contributed by atoms with E-state index in [0.717, 1.165) is 18.0 Å². The lowest BCUT2D eigenvalue weighted by Gasteiger charge is -2.46. The van der Waals surface area contributed by atoms with Gasteiger partial charge in [-0.25, -0.2) is 0 Å². The van der Waals surface area contributed by atoms with Crippen molar-refractivity contribution in [2.24, 2.45) is 5.92 Å². The molecule has 0 radical (unpaired) electrons. The van der Waals surface area contributed by atoms with Crippen LogP contribution in [-0.2, 0) is 0 Å². The lowest BCUT2D eigenvalue weighted by atomic mass is 9.78. The normalized spacial score (nSPS) is 27.0. The van der Waals surface area contributed by atoms with Crippen molar-refractivity contribution in [3.8, 4) is 0 Å². The molecule has 1 aliphatic rings. The third-order valence-electron chi connectivity index (χ3n) is 3.89. The van der Waals surface area contributed by atoms with E-state index in [1.54, 1.807) is 0 Å². The summed E-state index contributed by atoms with van der Waals surface area (Å²) in [7, 11) is 4.37. The predicted molar refractivity (Wildman–Crippen MR) is 62.6 cm³/mol. The van der Waals surface area contributed by atoms with Crippen LogP contribution >= 0.6 is 0 Å². The Hall–Kier alpha value is -0.0800. The SMILES string of the molecule is CCC(CC)N(C)C1CCC1CNC. The summed E-state index contributed by atoms with van der Waals surface area (Å²) in [6.07, 6.45) is 5.39. The van der Waals surface area contributed by atoms with E-state index in [1.165, 1.54) is 32.2 Å². The zero-order chi connectivity index (χ0) is 10.6. The van der Waals surface area contributed by atoms with Crippen LogP contribution in [0, 0.1) is 5.92 Å². The molecule has 0 amide bonds. The van der Waals surface area contributed by atoms with Gasteiger partial charge in [0.2, 0.25) is 0 Å². The Labute approximate surface area is 89.1 Å². The third-order valence-corrected chi connectivity index (χ3v) is 3.89. The number of nitrogens with one attached hydrogen (secondary N) is 1. The standard InChI is InChI=1S/C12H26N2/c1-5-11(6-2)14(4)12-8-7-10(12)9-13-3/h10-13H,5-9H2,1-4H3. The van der Waals surface area contributed by atoms with Crippen LogP contribution < -0.4 is 5.32 Å². The van der Waals surface area contributed by atoms with Crippen LogP contribution in [-0.4, -0.2) is 37.6 Å². The van der Waals surface area contributed by atoms with Gasteiger partial charge in [-0.1, -0.05) is 13.8 Å². The number of rotatable bonds is 6. The van der Waals surface area contributed by atoms with E-state index < -0.39 is 0 Å². The average molecular weight is 198 g/mol. The van der Waals surface area contributed by atoms with E-state index in [4.69, 9.17) is 0 Å². The van der Waals surface area contributed by atoms with E-state index >= 15 is 0 Å². The van der Waals surface area contributed by atoms with Crippen molar-refractivity contribution in [1.82, 2.24) is 10.2 Å². The van der Waals surface area contributed by atoms with Gasteiger partial charge in [0.25, 0.3) is 0 Å². The molecule has 0 aliphatic heterocycles. The van der Waals surface area contributed by atoms with Gasteiger partial charge in [-0.05, 0) is 52.2 Å². The van der Waals surface area contributed by atoms with Crippen molar-refractivity contribution >= 4 is 0 Å². The minimum atomic E-state index is 0.791. The fraction of sp³-hybridized carbons (Fsp3) is 1.00. The molecule has 0 aromatic rings. The Morgan fingerprint density at radius 1 is 1.29 bits per heavy atom. The minimum absolute atomic E-state index is 0.791. The Morgan fingerprint density at radius 2 is 1.93 bits per heavy atom. The molecule has 2 unspecified atom stereocenters. The fourth-order valence-corrected chi connectivity index (χ4v) is 2.72. The maximum Gasteiger partial charge on any atom is 0.0136 e. The lowest BCUT2D eigenvalue weighted by molar-refractivity contribution is 0.0476. The van der Waals surface area contributed by atoms with E-state index in [0.29, 0.717) is 0 Å². The summed E-state index contributed by atoms with van der Waals surface area (Å²) in [4.78, 5) is 2.62. The predicted octanol–water partition coefficient (Wildman–Crippen LogP) is 2.10. The van der Waals surface area contributed by atoms with Crippen LogP contribution in [0.25, 0.3) is 0 Å². The zero-order valence-electron chi connectivity index (χ0n) is 10.2. The van der Waals surface area contributed by atoms with E-state index in [-0.39, 0.29) is 0 Å². The number of hydrogen-bond donors (Lipinski definition) is 1. The topological polar surface area (TPSA) is 15.3 Å². The second kappa shape index (κ2) is 5.72. The van der Waals surface area contributed by atoms with Crippen LogP contribution in [0.1, 0.15) is 39.5 Å². The summed E-state index contributed by atoms with van der Waals surface area (Å²) in [6.45, 7) is 5.79. The number of nitrogens with zero attached hydrogens (tertiary/aromatic N) is 1. The molecule has 14 heavy (non-hydrogen) atoms. The zero-order valence-corrected chi connectivity index (χ0v) is 10.2. The van der Waals surface area contributed by atoms with E-state index in [1.807, 2.05) is 0 Å². The van der Waals surface area contributed by atoms with Crippen LogP contribution in [0.2, 0.25) is 0 Å². The second-order valence-electron chi connectivity index (χ2n) is 4.60. The second-order valence-corrected chi connectivity index (χ2v) is 4.60. The highest BCUT2D eigenvalue weighted by Crippen LogP contribution is 2.32. The molecule has 0 bridgehead atoms. The van der Waals surface area contributed by atoms with Crippen LogP contribution in [0.4, 0.5) is 0 Å². The molecule has 0 aromatic heterocycles. The molecule has 1 aliphatic carbocycles. The van der Waals surface area contributed by atoms with Crippen molar-refractivity contribution in [3.05, 3.63) is 0 Å². The summed E-state index contributed by atoms with van der Waals surface area (Å²) in [6, 6.07) is 1.63. The van der Waals surface area contributed by atoms with Gasteiger partial charge in [0.1, 0.15) is 0 Å². The molecule has 1 N–H and O–H groups in total. The van der Waals surface area contributed by atoms with Crippen molar-refractivity contribution < 1.29 is 0 Å². The lowest BCUT2D eigenvalue weighted by Crippen LogP contribution is -2.51. The minimum Gasteiger partial charge on any atom is -0.319 e. The van der Waals surface area contributed by atoms with Gasteiger partial charge in [-0.15, -0.1) is 0 Å². The monoisotopic (exact) mass is 198 g/mol. The summed E-state index contributed by atoms with van der Waals surface area (Å²) < 4.78 is 0. The van der Waals surface area contributed by atoms with Crippen molar-refractivity contribution in [3.63, 3.8) is 0 Å². The van der Waals surface area contributed by atoms with Gasteiger partial charge >= 0.3 is 0 Å².